The van der Waals surface area contributed by atoms with Gasteiger partial charge in [0.2, 0.25) is 0 Å². The maximum absolute atomic E-state index is 12.6. The fourth-order valence-electron chi connectivity index (χ4n) is 1.84. The van der Waals surface area contributed by atoms with Gasteiger partial charge in [0, 0.05) is 12.2 Å². The number of halogens is 3. The van der Waals surface area contributed by atoms with Crippen LogP contribution in [0.25, 0.3) is 0 Å². The van der Waals surface area contributed by atoms with Crippen LogP contribution >= 0.6 is 0 Å². The summed E-state index contributed by atoms with van der Waals surface area (Å²) in [5, 5.41) is 0. The third kappa shape index (κ3) is 2.61. The van der Waals surface area contributed by atoms with Crippen LogP contribution in [0.2, 0.25) is 0 Å². The van der Waals surface area contributed by atoms with Gasteiger partial charge in [0.25, 0.3) is 0 Å². The van der Waals surface area contributed by atoms with Gasteiger partial charge in [-0.15, -0.1) is 0 Å². The molecule has 0 amide bonds. The molecule has 7 heteroatoms. The van der Waals surface area contributed by atoms with Gasteiger partial charge in [-0.25, -0.2) is 0 Å². The second-order valence-electron chi connectivity index (χ2n) is 4.16. The van der Waals surface area contributed by atoms with Crippen LogP contribution in [0.15, 0.2) is 18.2 Å². The van der Waals surface area contributed by atoms with E-state index >= 15 is 0 Å². The van der Waals surface area contributed by atoms with Crippen molar-refractivity contribution in [3.8, 4) is 0 Å². The molecular formula is C11H14F3N3O. The van der Waals surface area contributed by atoms with Gasteiger partial charge in [0.05, 0.1) is 24.5 Å². The van der Waals surface area contributed by atoms with Gasteiger partial charge in [-0.3, -0.25) is 0 Å². The normalized spacial score (nSPS) is 21.1. The molecule has 0 radical (unpaired) electrons. The van der Waals surface area contributed by atoms with E-state index in [-0.39, 0.29) is 13.2 Å². The first-order chi connectivity index (χ1) is 8.38. The molecule has 0 spiro atoms. The molecule has 1 saturated heterocycles. The summed E-state index contributed by atoms with van der Waals surface area (Å²) < 4.78 is 42.5. The fourth-order valence-corrected chi connectivity index (χ4v) is 1.84. The van der Waals surface area contributed by atoms with Crippen molar-refractivity contribution in [2.75, 3.05) is 36.1 Å². The van der Waals surface area contributed by atoms with Crippen molar-refractivity contribution in [2.45, 2.75) is 12.3 Å². The van der Waals surface area contributed by atoms with Crippen LogP contribution in [0.3, 0.4) is 0 Å². The van der Waals surface area contributed by atoms with E-state index in [2.05, 4.69) is 0 Å². The SMILES string of the molecule is Nc1ccc(N2CCOC(C(F)(F)F)C2)cc1N. The molecular weight excluding hydrogens is 247 g/mol. The van der Waals surface area contributed by atoms with Gasteiger partial charge in [0.1, 0.15) is 0 Å². The summed E-state index contributed by atoms with van der Waals surface area (Å²) in [7, 11) is 0. The third-order valence-corrected chi connectivity index (χ3v) is 2.87. The molecule has 1 unspecified atom stereocenters. The molecule has 2 rings (SSSR count). The van der Waals surface area contributed by atoms with E-state index in [9.17, 15) is 13.2 Å². The molecule has 0 saturated carbocycles. The summed E-state index contributed by atoms with van der Waals surface area (Å²) >= 11 is 0. The van der Waals surface area contributed by atoms with E-state index in [0.29, 0.717) is 23.6 Å². The molecule has 0 aromatic heterocycles. The predicted molar refractivity (Wildman–Crippen MR) is 63.3 cm³/mol. The Hall–Kier alpha value is -1.63. The maximum Gasteiger partial charge on any atom is 0.416 e. The zero-order valence-corrected chi connectivity index (χ0v) is 9.57. The molecule has 1 fully saturated rings. The molecule has 4 N–H and O–H groups in total. The van der Waals surface area contributed by atoms with E-state index in [0.717, 1.165) is 0 Å². The highest BCUT2D eigenvalue weighted by Crippen LogP contribution is 2.29. The quantitative estimate of drug-likeness (QED) is 0.754. The lowest BCUT2D eigenvalue weighted by atomic mass is 10.2. The van der Waals surface area contributed by atoms with Crippen LogP contribution in [0.1, 0.15) is 0 Å². The van der Waals surface area contributed by atoms with Crippen molar-refractivity contribution < 1.29 is 17.9 Å². The Bertz CT molecular complexity index is 436. The number of anilines is 3. The van der Waals surface area contributed by atoms with E-state index in [1.54, 1.807) is 23.1 Å². The zero-order valence-electron chi connectivity index (χ0n) is 9.57. The Labute approximate surface area is 102 Å². The van der Waals surface area contributed by atoms with E-state index < -0.39 is 12.3 Å². The Morgan fingerprint density at radius 2 is 1.94 bits per heavy atom. The van der Waals surface area contributed by atoms with Gasteiger partial charge in [0.15, 0.2) is 6.10 Å². The molecule has 1 heterocycles. The number of nitrogen functional groups attached to an aromatic ring is 2. The van der Waals surface area contributed by atoms with Gasteiger partial charge < -0.3 is 21.1 Å². The Morgan fingerprint density at radius 1 is 1.22 bits per heavy atom. The summed E-state index contributed by atoms with van der Waals surface area (Å²) in [6.45, 7) is 0.206. The lowest BCUT2D eigenvalue weighted by molar-refractivity contribution is -0.221. The Kier molecular flexibility index (Phi) is 3.25. The number of rotatable bonds is 1. The molecule has 0 bridgehead atoms. The number of hydrogen-bond acceptors (Lipinski definition) is 4. The highest BCUT2D eigenvalue weighted by Gasteiger charge is 2.43. The minimum atomic E-state index is -4.35. The lowest BCUT2D eigenvalue weighted by Gasteiger charge is -2.35. The van der Waals surface area contributed by atoms with Crippen LogP contribution in [-0.2, 0) is 4.74 Å². The first-order valence-electron chi connectivity index (χ1n) is 5.46. The fraction of sp³-hybridized carbons (Fsp3) is 0.455. The number of nitrogens with two attached hydrogens (primary N) is 2. The van der Waals surface area contributed by atoms with Gasteiger partial charge in [-0.1, -0.05) is 0 Å². The second kappa shape index (κ2) is 4.56. The lowest BCUT2D eigenvalue weighted by Crippen LogP contribution is -2.49. The molecule has 100 valence electrons. The highest BCUT2D eigenvalue weighted by atomic mass is 19.4. The molecule has 1 aliphatic rings. The molecule has 1 aliphatic heterocycles. The van der Waals surface area contributed by atoms with Gasteiger partial charge >= 0.3 is 6.18 Å². The molecule has 0 aliphatic carbocycles. The molecule has 1 atom stereocenters. The number of hydrogen-bond donors (Lipinski definition) is 2. The van der Waals surface area contributed by atoms with Crippen LogP contribution in [0, 0.1) is 0 Å². The van der Waals surface area contributed by atoms with E-state index in [1.807, 2.05) is 0 Å². The maximum atomic E-state index is 12.6. The summed E-state index contributed by atoms with van der Waals surface area (Å²) in [5.41, 5.74) is 12.6. The topological polar surface area (TPSA) is 64.5 Å². The van der Waals surface area contributed by atoms with Crippen molar-refractivity contribution >= 4 is 17.1 Å². The van der Waals surface area contributed by atoms with Crippen LogP contribution < -0.4 is 16.4 Å². The van der Waals surface area contributed by atoms with Crippen molar-refractivity contribution in [1.29, 1.82) is 0 Å². The molecule has 4 nitrogen and oxygen atoms in total. The average molecular weight is 261 g/mol. The van der Waals surface area contributed by atoms with Crippen molar-refractivity contribution in [2.24, 2.45) is 0 Å². The first kappa shape index (κ1) is 12.8. The number of morpholine rings is 1. The van der Waals surface area contributed by atoms with Gasteiger partial charge in [-0.05, 0) is 18.2 Å². The predicted octanol–water partition coefficient (Wildman–Crippen LogP) is 1.62. The minimum Gasteiger partial charge on any atom is -0.397 e. The summed E-state index contributed by atoms with van der Waals surface area (Å²) in [6, 6.07) is 4.82. The number of alkyl halides is 3. The van der Waals surface area contributed by atoms with Crippen LogP contribution in [0.4, 0.5) is 30.2 Å². The first-order valence-corrected chi connectivity index (χ1v) is 5.46. The molecule has 1 aromatic rings. The zero-order chi connectivity index (χ0) is 13.3. The monoisotopic (exact) mass is 261 g/mol. The standard InChI is InChI=1S/C11H14F3N3O/c12-11(13,14)10-6-17(3-4-18-10)7-1-2-8(15)9(16)5-7/h1-2,5,10H,3-4,6,15-16H2. The number of nitrogens with zero attached hydrogens (tertiary/aromatic N) is 1. The second-order valence-corrected chi connectivity index (χ2v) is 4.16. The number of ether oxygens (including phenoxy) is 1. The number of benzene rings is 1. The average Bonchev–Trinajstić information content (AvgIpc) is 2.32. The largest absolute Gasteiger partial charge is 0.416 e. The Balaban J connectivity index is 2.15. The van der Waals surface area contributed by atoms with Crippen molar-refractivity contribution in [3.63, 3.8) is 0 Å². The van der Waals surface area contributed by atoms with Crippen LogP contribution in [-0.4, -0.2) is 32.0 Å². The minimum absolute atomic E-state index is 0.0362. The summed E-state index contributed by atoms with van der Waals surface area (Å²) in [5.74, 6) is 0. The van der Waals surface area contributed by atoms with Gasteiger partial charge in [-0.2, -0.15) is 13.2 Å². The third-order valence-electron chi connectivity index (χ3n) is 2.87. The van der Waals surface area contributed by atoms with E-state index in [1.165, 1.54) is 0 Å². The molecule has 18 heavy (non-hydrogen) atoms. The Morgan fingerprint density at radius 3 is 2.56 bits per heavy atom. The summed E-state index contributed by atoms with van der Waals surface area (Å²) in [4.78, 5) is 1.59. The van der Waals surface area contributed by atoms with Crippen molar-refractivity contribution in [3.05, 3.63) is 18.2 Å². The summed E-state index contributed by atoms with van der Waals surface area (Å²) in [6.07, 6.45) is -6.11. The highest BCUT2D eigenvalue weighted by molar-refractivity contribution is 5.69. The van der Waals surface area contributed by atoms with Crippen LogP contribution in [0.5, 0.6) is 0 Å². The van der Waals surface area contributed by atoms with E-state index in [4.69, 9.17) is 16.2 Å². The van der Waals surface area contributed by atoms with Crippen molar-refractivity contribution in [1.82, 2.24) is 0 Å². The smallest absolute Gasteiger partial charge is 0.397 e. The molecule has 1 aromatic carbocycles.